The molecule has 1 rings (SSSR count). The van der Waals surface area contributed by atoms with Crippen molar-refractivity contribution in [2.75, 3.05) is 6.54 Å². The highest BCUT2D eigenvalue weighted by molar-refractivity contribution is 5.87. The Labute approximate surface area is 81.0 Å². The minimum atomic E-state index is -0.0547. The summed E-state index contributed by atoms with van der Waals surface area (Å²) in [6, 6.07) is 4.11. The predicted octanol–water partition coefficient (Wildman–Crippen LogP) is 0.453. The summed E-state index contributed by atoms with van der Waals surface area (Å²) in [6.45, 7) is 0.0785. The van der Waals surface area contributed by atoms with Gasteiger partial charge in [0.2, 0.25) is 0 Å². The molecule has 74 valence electrons. The van der Waals surface area contributed by atoms with Crippen molar-refractivity contribution in [1.29, 1.82) is 5.41 Å². The molecule has 0 unspecified atom stereocenters. The van der Waals surface area contributed by atoms with Crippen LogP contribution in [0.15, 0.2) is 23.2 Å². The van der Waals surface area contributed by atoms with Gasteiger partial charge in [0.15, 0.2) is 0 Å². The number of nitrogens with zero attached hydrogens (tertiary/aromatic N) is 1. The Hall–Kier alpha value is -2.04. The van der Waals surface area contributed by atoms with Gasteiger partial charge in [0, 0.05) is 11.8 Å². The molecule has 5 heteroatoms. The number of benzene rings is 1. The maximum Gasteiger partial charge on any atom is 0.124 e. The SMILES string of the molecule is N=C(N)CN=Cc1cc(O)ccc1O. The van der Waals surface area contributed by atoms with Crippen molar-refractivity contribution in [2.45, 2.75) is 0 Å². The molecule has 0 radical (unpaired) electrons. The van der Waals surface area contributed by atoms with Gasteiger partial charge in [-0.3, -0.25) is 10.4 Å². The summed E-state index contributed by atoms with van der Waals surface area (Å²) >= 11 is 0. The Bertz CT molecular complexity index is 374. The summed E-state index contributed by atoms with van der Waals surface area (Å²) in [5.41, 5.74) is 5.48. The number of nitrogens with two attached hydrogens (primary N) is 1. The third kappa shape index (κ3) is 2.78. The van der Waals surface area contributed by atoms with Crippen molar-refractivity contribution in [2.24, 2.45) is 10.7 Å². The molecule has 0 atom stereocenters. The minimum Gasteiger partial charge on any atom is -0.508 e. The Kier molecular flexibility index (Phi) is 3.06. The number of aliphatic imine (C=N–C) groups is 1. The first kappa shape index (κ1) is 10.0. The molecule has 0 bridgehead atoms. The second-order valence-corrected chi connectivity index (χ2v) is 2.74. The van der Waals surface area contributed by atoms with E-state index in [4.69, 9.17) is 16.2 Å². The van der Waals surface area contributed by atoms with Crippen LogP contribution in [-0.2, 0) is 0 Å². The number of hydrogen-bond acceptors (Lipinski definition) is 4. The summed E-state index contributed by atoms with van der Waals surface area (Å²) in [4.78, 5) is 3.80. The summed E-state index contributed by atoms with van der Waals surface area (Å²) < 4.78 is 0. The molecule has 0 amide bonds. The van der Waals surface area contributed by atoms with Crippen molar-refractivity contribution >= 4 is 12.1 Å². The van der Waals surface area contributed by atoms with Crippen LogP contribution in [0.1, 0.15) is 5.56 Å². The summed E-state index contributed by atoms with van der Waals surface area (Å²) in [6.07, 6.45) is 1.36. The molecule has 0 aromatic heterocycles. The van der Waals surface area contributed by atoms with Gasteiger partial charge in [-0.1, -0.05) is 0 Å². The van der Waals surface area contributed by atoms with Gasteiger partial charge in [-0.15, -0.1) is 0 Å². The van der Waals surface area contributed by atoms with Crippen molar-refractivity contribution < 1.29 is 10.2 Å². The van der Waals surface area contributed by atoms with Crippen LogP contribution in [0.2, 0.25) is 0 Å². The van der Waals surface area contributed by atoms with Crippen LogP contribution in [0.3, 0.4) is 0 Å². The fourth-order valence-electron chi connectivity index (χ4n) is 0.888. The Morgan fingerprint density at radius 2 is 2.21 bits per heavy atom. The molecular weight excluding hydrogens is 182 g/mol. The van der Waals surface area contributed by atoms with E-state index in [1.807, 2.05) is 0 Å². The number of aromatic hydroxyl groups is 2. The van der Waals surface area contributed by atoms with E-state index in [-0.39, 0.29) is 23.9 Å². The van der Waals surface area contributed by atoms with Gasteiger partial charge in [-0.2, -0.15) is 0 Å². The highest BCUT2D eigenvalue weighted by Gasteiger charge is 1.98. The van der Waals surface area contributed by atoms with Gasteiger partial charge < -0.3 is 15.9 Å². The second-order valence-electron chi connectivity index (χ2n) is 2.74. The van der Waals surface area contributed by atoms with Crippen molar-refractivity contribution in [3.63, 3.8) is 0 Å². The monoisotopic (exact) mass is 193 g/mol. The van der Waals surface area contributed by atoms with Crippen LogP contribution in [0.4, 0.5) is 0 Å². The van der Waals surface area contributed by atoms with E-state index in [9.17, 15) is 5.11 Å². The number of phenolic OH excluding ortho intramolecular Hbond substituents is 2. The lowest BCUT2D eigenvalue weighted by Crippen LogP contribution is -2.12. The Morgan fingerprint density at radius 1 is 1.50 bits per heavy atom. The standard InChI is InChI=1S/C9H11N3O2/c10-9(11)5-12-4-6-3-7(13)1-2-8(6)14/h1-4,13-14H,5H2,(H3,10,11). The van der Waals surface area contributed by atoms with Crippen LogP contribution in [-0.4, -0.2) is 28.8 Å². The van der Waals surface area contributed by atoms with E-state index < -0.39 is 0 Å². The predicted molar refractivity (Wildman–Crippen MR) is 54.1 cm³/mol. The average molecular weight is 193 g/mol. The van der Waals surface area contributed by atoms with E-state index in [1.54, 1.807) is 0 Å². The molecule has 0 saturated heterocycles. The summed E-state index contributed by atoms with van der Waals surface area (Å²) in [7, 11) is 0. The van der Waals surface area contributed by atoms with Gasteiger partial charge >= 0.3 is 0 Å². The van der Waals surface area contributed by atoms with Crippen LogP contribution < -0.4 is 5.73 Å². The quantitative estimate of drug-likeness (QED) is 0.318. The smallest absolute Gasteiger partial charge is 0.124 e. The van der Waals surface area contributed by atoms with Crippen molar-refractivity contribution in [3.8, 4) is 11.5 Å². The molecule has 0 heterocycles. The van der Waals surface area contributed by atoms with Crippen molar-refractivity contribution in [1.82, 2.24) is 0 Å². The summed E-state index contributed by atoms with van der Waals surface area (Å²) in [5.74, 6) is 0.0167. The third-order valence-corrected chi connectivity index (χ3v) is 1.50. The molecule has 0 spiro atoms. The zero-order chi connectivity index (χ0) is 10.6. The lowest BCUT2D eigenvalue weighted by molar-refractivity contribution is 0.459. The van der Waals surface area contributed by atoms with Gasteiger partial charge in [-0.05, 0) is 18.2 Å². The van der Waals surface area contributed by atoms with Crippen LogP contribution >= 0.6 is 0 Å². The fourth-order valence-corrected chi connectivity index (χ4v) is 0.888. The van der Waals surface area contributed by atoms with Gasteiger partial charge in [0.05, 0.1) is 6.54 Å². The Balaban J connectivity index is 2.80. The fraction of sp³-hybridized carbons (Fsp3) is 0.111. The maximum atomic E-state index is 9.31. The average Bonchev–Trinajstić information content (AvgIpc) is 2.10. The first-order chi connectivity index (χ1) is 6.59. The second kappa shape index (κ2) is 4.27. The van der Waals surface area contributed by atoms with E-state index in [2.05, 4.69) is 4.99 Å². The normalized spacial score (nSPS) is 10.6. The molecule has 1 aromatic rings. The number of rotatable bonds is 3. The zero-order valence-corrected chi connectivity index (χ0v) is 7.44. The van der Waals surface area contributed by atoms with E-state index in [1.165, 1.54) is 24.4 Å². The number of amidine groups is 1. The molecule has 1 aromatic carbocycles. The molecule has 0 saturated carbocycles. The zero-order valence-electron chi connectivity index (χ0n) is 7.44. The topological polar surface area (TPSA) is 103 Å². The molecule has 0 aliphatic heterocycles. The third-order valence-electron chi connectivity index (χ3n) is 1.50. The first-order valence-corrected chi connectivity index (χ1v) is 3.94. The molecule has 5 N–H and O–H groups in total. The first-order valence-electron chi connectivity index (χ1n) is 3.94. The van der Waals surface area contributed by atoms with E-state index in [0.29, 0.717) is 5.56 Å². The largest absolute Gasteiger partial charge is 0.508 e. The van der Waals surface area contributed by atoms with Crippen LogP contribution in [0.25, 0.3) is 0 Å². The highest BCUT2D eigenvalue weighted by atomic mass is 16.3. The van der Waals surface area contributed by atoms with Gasteiger partial charge in [0.25, 0.3) is 0 Å². The molecular formula is C9H11N3O2. The lowest BCUT2D eigenvalue weighted by atomic mass is 10.2. The number of phenols is 2. The van der Waals surface area contributed by atoms with E-state index >= 15 is 0 Å². The van der Waals surface area contributed by atoms with E-state index in [0.717, 1.165) is 0 Å². The molecule has 0 aliphatic rings. The molecule has 5 nitrogen and oxygen atoms in total. The van der Waals surface area contributed by atoms with Crippen LogP contribution in [0.5, 0.6) is 11.5 Å². The molecule has 0 fully saturated rings. The molecule has 14 heavy (non-hydrogen) atoms. The highest BCUT2D eigenvalue weighted by Crippen LogP contribution is 2.19. The van der Waals surface area contributed by atoms with Gasteiger partial charge in [0.1, 0.15) is 17.3 Å². The van der Waals surface area contributed by atoms with Gasteiger partial charge in [-0.25, -0.2) is 0 Å². The number of nitrogens with one attached hydrogen (secondary N) is 1. The van der Waals surface area contributed by atoms with Crippen LogP contribution in [0, 0.1) is 5.41 Å². The minimum absolute atomic E-state index is 0.0232. The lowest BCUT2D eigenvalue weighted by Gasteiger charge is -1.98. The summed E-state index contributed by atoms with van der Waals surface area (Å²) in [5, 5.41) is 25.3. The number of hydrogen-bond donors (Lipinski definition) is 4. The molecule has 0 aliphatic carbocycles. The maximum absolute atomic E-state index is 9.31. The van der Waals surface area contributed by atoms with Crippen molar-refractivity contribution in [3.05, 3.63) is 23.8 Å². The Morgan fingerprint density at radius 3 is 2.86 bits per heavy atom.